The van der Waals surface area contributed by atoms with Gasteiger partial charge in [0, 0.05) is 12.5 Å². The Kier molecular flexibility index (Phi) is 3.05. The van der Waals surface area contributed by atoms with Crippen LogP contribution in [0.1, 0.15) is 23.6 Å². The molecule has 0 fully saturated rings. The van der Waals surface area contributed by atoms with Crippen LogP contribution in [-0.4, -0.2) is 0 Å². The van der Waals surface area contributed by atoms with Crippen LogP contribution >= 0.6 is 0 Å². The van der Waals surface area contributed by atoms with E-state index in [1.165, 1.54) is 6.07 Å². The Balaban J connectivity index is 2.91. The lowest BCUT2D eigenvalue weighted by Crippen LogP contribution is -2.09. The lowest BCUT2D eigenvalue weighted by molar-refractivity contribution is 0.615. The maximum Gasteiger partial charge on any atom is 0.126 e. The van der Waals surface area contributed by atoms with Crippen LogP contribution in [0.5, 0.6) is 0 Å². The highest BCUT2D eigenvalue weighted by atomic mass is 19.1. The van der Waals surface area contributed by atoms with Crippen LogP contribution in [0, 0.1) is 25.1 Å². The number of hydrogen-bond acceptors (Lipinski definition) is 1. The number of aryl methyl sites for hydroxylation is 1. The summed E-state index contributed by atoms with van der Waals surface area (Å²) in [5.74, 6) is 2.27. The van der Waals surface area contributed by atoms with Gasteiger partial charge in [0.1, 0.15) is 5.82 Å². The SMILES string of the molecule is C#CCC(N)c1ccc(F)c(C)c1. The predicted molar refractivity (Wildman–Crippen MR) is 51.5 cm³/mol. The van der Waals surface area contributed by atoms with Crippen molar-refractivity contribution in [3.63, 3.8) is 0 Å². The van der Waals surface area contributed by atoms with Gasteiger partial charge in [-0.05, 0) is 24.1 Å². The van der Waals surface area contributed by atoms with Gasteiger partial charge in [-0.25, -0.2) is 4.39 Å². The van der Waals surface area contributed by atoms with Crippen LogP contribution in [-0.2, 0) is 0 Å². The van der Waals surface area contributed by atoms with Gasteiger partial charge in [0.2, 0.25) is 0 Å². The fourth-order valence-electron chi connectivity index (χ4n) is 1.14. The van der Waals surface area contributed by atoms with Crippen molar-refractivity contribution in [3.8, 4) is 12.3 Å². The molecule has 0 aliphatic rings. The monoisotopic (exact) mass is 177 g/mol. The summed E-state index contributed by atoms with van der Waals surface area (Å²) in [6, 6.07) is 4.63. The number of rotatable bonds is 2. The fraction of sp³-hybridized carbons (Fsp3) is 0.273. The summed E-state index contributed by atoms with van der Waals surface area (Å²) in [6.45, 7) is 1.71. The molecule has 1 unspecified atom stereocenters. The molecule has 0 spiro atoms. The molecule has 1 rings (SSSR count). The Bertz CT molecular complexity index is 338. The van der Waals surface area contributed by atoms with Crippen molar-refractivity contribution in [2.45, 2.75) is 19.4 Å². The normalized spacial score (nSPS) is 12.2. The molecule has 0 radical (unpaired) electrons. The average molecular weight is 177 g/mol. The van der Waals surface area contributed by atoms with E-state index in [0.29, 0.717) is 12.0 Å². The standard InChI is InChI=1S/C11H12FN/c1-3-4-11(13)9-5-6-10(12)8(2)7-9/h1,5-7,11H,4,13H2,2H3. The minimum Gasteiger partial charge on any atom is -0.323 e. The van der Waals surface area contributed by atoms with Gasteiger partial charge in [0.15, 0.2) is 0 Å². The third-order valence-electron chi connectivity index (χ3n) is 1.95. The summed E-state index contributed by atoms with van der Waals surface area (Å²) in [4.78, 5) is 0. The number of halogens is 1. The summed E-state index contributed by atoms with van der Waals surface area (Å²) in [6.07, 6.45) is 5.61. The minimum absolute atomic E-state index is 0.190. The molecule has 1 aromatic carbocycles. The molecule has 1 nitrogen and oxygen atoms in total. The smallest absolute Gasteiger partial charge is 0.126 e. The van der Waals surface area contributed by atoms with Gasteiger partial charge < -0.3 is 5.73 Å². The molecule has 0 heterocycles. The molecular formula is C11H12FN. The zero-order valence-electron chi connectivity index (χ0n) is 7.55. The molecule has 0 aromatic heterocycles. The largest absolute Gasteiger partial charge is 0.323 e. The van der Waals surface area contributed by atoms with E-state index in [-0.39, 0.29) is 11.9 Å². The van der Waals surface area contributed by atoms with E-state index in [9.17, 15) is 4.39 Å². The maximum atomic E-state index is 12.9. The van der Waals surface area contributed by atoms with Crippen LogP contribution in [0.4, 0.5) is 4.39 Å². The highest BCUT2D eigenvalue weighted by Gasteiger charge is 2.05. The second-order valence-electron chi connectivity index (χ2n) is 3.02. The Hall–Kier alpha value is -1.33. The lowest BCUT2D eigenvalue weighted by atomic mass is 10.0. The first-order chi connectivity index (χ1) is 6.15. The van der Waals surface area contributed by atoms with Crippen molar-refractivity contribution in [3.05, 3.63) is 35.1 Å². The summed E-state index contributed by atoms with van der Waals surface area (Å²) in [7, 11) is 0. The Morgan fingerprint density at radius 1 is 1.62 bits per heavy atom. The van der Waals surface area contributed by atoms with E-state index < -0.39 is 0 Å². The van der Waals surface area contributed by atoms with Gasteiger partial charge in [-0.1, -0.05) is 12.1 Å². The van der Waals surface area contributed by atoms with Crippen LogP contribution in [0.15, 0.2) is 18.2 Å². The molecule has 1 aromatic rings. The van der Waals surface area contributed by atoms with Gasteiger partial charge in [-0.3, -0.25) is 0 Å². The van der Waals surface area contributed by atoms with Crippen molar-refractivity contribution >= 4 is 0 Å². The predicted octanol–water partition coefficient (Wildman–Crippen LogP) is 2.16. The first kappa shape index (κ1) is 9.76. The number of benzene rings is 1. The van der Waals surface area contributed by atoms with Crippen LogP contribution < -0.4 is 5.73 Å². The molecule has 0 aliphatic carbocycles. The van der Waals surface area contributed by atoms with Crippen LogP contribution in [0.3, 0.4) is 0 Å². The van der Waals surface area contributed by atoms with Crippen LogP contribution in [0.25, 0.3) is 0 Å². The van der Waals surface area contributed by atoms with Crippen molar-refractivity contribution in [1.82, 2.24) is 0 Å². The zero-order valence-corrected chi connectivity index (χ0v) is 7.55. The maximum absolute atomic E-state index is 12.9. The second-order valence-corrected chi connectivity index (χ2v) is 3.02. The minimum atomic E-state index is -0.211. The van der Waals surface area contributed by atoms with E-state index >= 15 is 0 Å². The van der Waals surface area contributed by atoms with Gasteiger partial charge in [0.05, 0.1) is 0 Å². The first-order valence-corrected chi connectivity index (χ1v) is 4.10. The van der Waals surface area contributed by atoms with Gasteiger partial charge >= 0.3 is 0 Å². The first-order valence-electron chi connectivity index (χ1n) is 4.10. The van der Waals surface area contributed by atoms with Gasteiger partial charge in [0.25, 0.3) is 0 Å². The molecule has 68 valence electrons. The number of nitrogens with two attached hydrogens (primary N) is 1. The van der Waals surface area contributed by atoms with Crippen molar-refractivity contribution in [2.24, 2.45) is 5.73 Å². The molecule has 2 heteroatoms. The van der Waals surface area contributed by atoms with Crippen molar-refractivity contribution in [2.75, 3.05) is 0 Å². The summed E-state index contributed by atoms with van der Waals surface area (Å²) >= 11 is 0. The van der Waals surface area contributed by atoms with Gasteiger partial charge in [-0.15, -0.1) is 12.3 Å². The Labute approximate surface area is 77.8 Å². The molecule has 0 saturated carbocycles. The topological polar surface area (TPSA) is 26.0 Å². The van der Waals surface area contributed by atoms with E-state index in [4.69, 9.17) is 12.2 Å². The molecule has 1 atom stereocenters. The van der Waals surface area contributed by atoms with Crippen LogP contribution in [0.2, 0.25) is 0 Å². The quantitative estimate of drug-likeness (QED) is 0.688. The third kappa shape index (κ3) is 2.30. The van der Waals surface area contributed by atoms with E-state index in [0.717, 1.165) is 5.56 Å². The van der Waals surface area contributed by atoms with E-state index in [1.807, 2.05) is 0 Å². The van der Waals surface area contributed by atoms with Crippen molar-refractivity contribution < 1.29 is 4.39 Å². The molecule has 13 heavy (non-hydrogen) atoms. The van der Waals surface area contributed by atoms with E-state index in [1.54, 1.807) is 19.1 Å². The highest BCUT2D eigenvalue weighted by molar-refractivity contribution is 5.26. The number of hydrogen-bond donors (Lipinski definition) is 1. The molecule has 0 bridgehead atoms. The number of terminal acetylenes is 1. The highest BCUT2D eigenvalue weighted by Crippen LogP contribution is 2.16. The van der Waals surface area contributed by atoms with Gasteiger partial charge in [-0.2, -0.15) is 0 Å². The Morgan fingerprint density at radius 3 is 2.85 bits per heavy atom. The van der Waals surface area contributed by atoms with E-state index in [2.05, 4.69) is 5.92 Å². The second kappa shape index (κ2) is 4.06. The fourth-order valence-corrected chi connectivity index (χ4v) is 1.14. The molecule has 0 amide bonds. The molecular weight excluding hydrogens is 165 g/mol. The molecule has 2 N–H and O–H groups in total. The summed E-state index contributed by atoms with van der Waals surface area (Å²) in [5.41, 5.74) is 7.25. The van der Waals surface area contributed by atoms with Crippen molar-refractivity contribution in [1.29, 1.82) is 0 Å². The zero-order chi connectivity index (χ0) is 9.84. The lowest BCUT2D eigenvalue weighted by Gasteiger charge is -2.09. The molecule has 0 aliphatic heterocycles. The Morgan fingerprint density at radius 2 is 2.31 bits per heavy atom. The summed E-state index contributed by atoms with van der Waals surface area (Å²) < 4.78 is 12.9. The third-order valence-corrected chi connectivity index (χ3v) is 1.95. The average Bonchev–Trinajstić information content (AvgIpc) is 2.10. The molecule has 0 saturated heterocycles. The summed E-state index contributed by atoms with van der Waals surface area (Å²) in [5, 5.41) is 0.